The first-order valence-corrected chi connectivity index (χ1v) is 6.62. The van der Waals surface area contributed by atoms with Crippen LogP contribution in [0.3, 0.4) is 0 Å². The highest BCUT2D eigenvalue weighted by Crippen LogP contribution is 2.24. The van der Waals surface area contributed by atoms with Crippen LogP contribution in [0.1, 0.15) is 62.9 Å². The number of rotatable bonds is 5. The number of ether oxygens (including phenoxy) is 1. The average molecular weight is 251 g/mol. The van der Waals surface area contributed by atoms with E-state index in [1.807, 2.05) is 39.0 Å². The van der Waals surface area contributed by atoms with Crippen LogP contribution < -0.4 is 10.5 Å². The van der Waals surface area contributed by atoms with Crippen molar-refractivity contribution in [3.8, 4) is 5.75 Å². The minimum absolute atomic E-state index is 0.373. The quantitative estimate of drug-likeness (QED) is 0.867. The summed E-state index contributed by atoms with van der Waals surface area (Å²) in [5.41, 5.74) is 6.90. The normalized spacial score (nSPS) is 9.67. The van der Waals surface area contributed by atoms with Crippen LogP contribution in [-0.4, -0.2) is 12.5 Å². The summed E-state index contributed by atoms with van der Waals surface area (Å²) in [5.74, 6) is 0.519. The summed E-state index contributed by atoms with van der Waals surface area (Å²) in [6.07, 6.45) is 0.907. The maximum absolute atomic E-state index is 11.3. The van der Waals surface area contributed by atoms with Gasteiger partial charge < -0.3 is 10.5 Å². The SMILES string of the molecule is CC.CCCOc1ccc(C(C)C)cc1C(N)=O. The number of carbonyl (C=O) groups excluding carboxylic acids is 1. The van der Waals surface area contributed by atoms with E-state index < -0.39 is 5.91 Å². The van der Waals surface area contributed by atoms with E-state index in [2.05, 4.69) is 13.8 Å². The molecule has 2 N–H and O–H groups in total. The van der Waals surface area contributed by atoms with Crippen LogP contribution in [0.15, 0.2) is 18.2 Å². The van der Waals surface area contributed by atoms with Crippen LogP contribution in [0.4, 0.5) is 0 Å². The highest BCUT2D eigenvalue weighted by Gasteiger charge is 2.11. The van der Waals surface area contributed by atoms with Crippen molar-refractivity contribution in [2.24, 2.45) is 5.73 Å². The monoisotopic (exact) mass is 251 g/mol. The van der Waals surface area contributed by atoms with Crippen molar-refractivity contribution < 1.29 is 9.53 Å². The molecule has 0 spiro atoms. The average Bonchev–Trinajstić information content (AvgIpc) is 2.38. The second-order valence-corrected chi connectivity index (χ2v) is 4.12. The first-order valence-electron chi connectivity index (χ1n) is 6.62. The van der Waals surface area contributed by atoms with E-state index >= 15 is 0 Å². The zero-order valence-corrected chi connectivity index (χ0v) is 12.1. The Morgan fingerprint density at radius 2 is 1.94 bits per heavy atom. The van der Waals surface area contributed by atoms with Gasteiger partial charge in [-0.1, -0.05) is 40.7 Å². The number of nitrogens with two attached hydrogens (primary N) is 1. The standard InChI is InChI=1S/C13H19NO2.C2H6/c1-4-7-16-12-6-5-10(9(2)3)8-11(12)13(14)15;1-2/h5-6,8-9H,4,7H2,1-3H3,(H2,14,15);1-2H3. The zero-order valence-electron chi connectivity index (χ0n) is 12.1. The third kappa shape index (κ3) is 4.78. The molecule has 0 aliphatic carbocycles. The van der Waals surface area contributed by atoms with Gasteiger partial charge in [0, 0.05) is 0 Å². The molecule has 0 bridgehead atoms. The summed E-state index contributed by atoms with van der Waals surface area (Å²) in [6.45, 7) is 10.8. The Hall–Kier alpha value is -1.51. The largest absolute Gasteiger partial charge is 0.493 e. The second-order valence-electron chi connectivity index (χ2n) is 4.12. The summed E-state index contributed by atoms with van der Waals surface area (Å²) < 4.78 is 5.48. The highest BCUT2D eigenvalue weighted by molar-refractivity contribution is 5.95. The van der Waals surface area contributed by atoms with E-state index in [1.165, 1.54) is 0 Å². The Morgan fingerprint density at radius 3 is 2.39 bits per heavy atom. The van der Waals surface area contributed by atoms with Gasteiger partial charge in [-0.25, -0.2) is 0 Å². The van der Waals surface area contributed by atoms with Gasteiger partial charge in [-0.15, -0.1) is 0 Å². The molecule has 0 saturated heterocycles. The summed E-state index contributed by atoms with van der Waals surface area (Å²) in [4.78, 5) is 11.3. The molecule has 3 heteroatoms. The zero-order chi connectivity index (χ0) is 14.1. The van der Waals surface area contributed by atoms with Gasteiger partial charge in [-0.2, -0.15) is 0 Å². The second kappa shape index (κ2) is 8.56. The Labute approximate surface area is 110 Å². The molecular formula is C15H25NO2. The third-order valence-electron chi connectivity index (χ3n) is 2.40. The van der Waals surface area contributed by atoms with Gasteiger partial charge in [0.15, 0.2) is 0 Å². The molecule has 0 aromatic heterocycles. The summed E-state index contributed by atoms with van der Waals surface area (Å²) in [5, 5.41) is 0. The minimum atomic E-state index is -0.436. The molecule has 0 radical (unpaired) electrons. The minimum Gasteiger partial charge on any atom is -0.493 e. The first-order chi connectivity index (χ1) is 8.56. The number of carbonyl (C=O) groups is 1. The van der Waals surface area contributed by atoms with Crippen LogP contribution in [0.5, 0.6) is 5.75 Å². The highest BCUT2D eigenvalue weighted by atomic mass is 16.5. The molecule has 0 saturated carbocycles. The van der Waals surface area contributed by atoms with E-state index in [1.54, 1.807) is 0 Å². The predicted octanol–water partition coefficient (Wildman–Crippen LogP) is 3.72. The van der Waals surface area contributed by atoms with Crippen molar-refractivity contribution in [1.29, 1.82) is 0 Å². The molecule has 18 heavy (non-hydrogen) atoms. The van der Waals surface area contributed by atoms with Crippen LogP contribution in [0.2, 0.25) is 0 Å². The van der Waals surface area contributed by atoms with Gasteiger partial charge in [0.05, 0.1) is 12.2 Å². The van der Waals surface area contributed by atoms with Gasteiger partial charge >= 0.3 is 0 Å². The lowest BCUT2D eigenvalue weighted by Gasteiger charge is -2.12. The number of hydrogen-bond donors (Lipinski definition) is 1. The molecule has 0 heterocycles. The summed E-state index contributed by atoms with van der Waals surface area (Å²) in [6, 6.07) is 5.62. The molecule has 1 aromatic rings. The Balaban J connectivity index is 0.00000137. The first kappa shape index (κ1) is 16.5. The molecule has 0 aliphatic rings. The van der Waals surface area contributed by atoms with Gasteiger partial charge in [-0.3, -0.25) is 4.79 Å². The van der Waals surface area contributed by atoms with Crippen molar-refractivity contribution >= 4 is 5.91 Å². The van der Waals surface area contributed by atoms with Gasteiger partial charge in [0.1, 0.15) is 5.75 Å². The predicted molar refractivity (Wildman–Crippen MR) is 76.2 cm³/mol. The fourth-order valence-electron chi connectivity index (χ4n) is 1.44. The number of amides is 1. The van der Waals surface area contributed by atoms with Crippen molar-refractivity contribution in [2.45, 2.75) is 47.0 Å². The van der Waals surface area contributed by atoms with Crippen molar-refractivity contribution in [3.05, 3.63) is 29.3 Å². The Bertz CT molecular complexity index is 373. The van der Waals surface area contributed by atoms with Crippen molar-refractivity contribution in [2.75, 3.05) is 6.61 Å². The Kier molecular flexibility index (Phi) is 7.84. The molecular weight excluding hydrogens is 226 g/mol. The molecule has 1 amide bonds. The van der Waals surface area contributed by atoms with Crippen molar-refractivity contribution in [3.63, 3.8) is 0 Å². The summed E-state index contributed by atoms with van der Waals surface area (Å²) >= 11 is 0. The molecule has 0 unspecified atom stereocenters. The van der Waals surface area contributed by atoms with E-state index in [4.69, 9.17) is 10.5 Å². The lowest BCUT2D eigenvalue weighted by atomic mass is 10.00. The molecule has 102 valence electrons. The van der Waals surface area contributed by atoms with Gasteiger partial charge in [-0.05, 0) is 30.0 Å². The maximum Gasteiger partial charge on any atom is 0.252 e. The molecule has 3 nitrogen and oxygen atoms in total. The fourth-order valence-corrected chi connectivity index (χ4v) is 1.44. The molecule has 0 fully saturated rings. The van der Waals surface area contributed by atoms with Crippen LogP contribution in [-0.2, 0) is 0 Å². The number of benzene rings is 1. The van der Waals surface area contributed by atoms with Crippen LogP contribution in [0.25, 0.3) is 0 Å². The molecule has 0 aliphatic heterocycles. The van der Waals surface area contributed by atoms with E-state index in [0.29, 0.717) is 23.8 Å². The molecule has 1 aromatic carbocycles. The van der Waals surface area contributed by atoms with E-state index in [9.17, 15) is 4.79 Å². The maximum atomic E-state index is 11.3. The third-order valence-corrected chi connectivity index (χ3v) is 2.40. The van der Waals surface area contributed by atoms with E-state index in [0.717, 1.165) is 12.0 Å². The Morgan fingerprint density at radius 1 is 1.33 bits per heavy atom. The van der Waals surface area contributed by atoms with Gasteiger partial charge in [0.25, 0.3) is 5.91 Å². The fraction of sp³-hybridized carbons (Fsp3) is 0.533. The smallest absolute Gasteiger partial charge is 0.252 e. The van der Waals surface area contributed by atoms with Crippen molar-refractivity contribution in [1.82, 2.24) is 0 Å². The molecule has 1 rings (SSSR count). The van der Waals surface area contributed by atoms with Gasteiger partial charge in [0.2, 0.25) is 0 Å². The van der Waals surface area contributed by atoms with E-state index in [-0.39, 0.29) is 0 Å². The lowest BCUT2D eigenvalue weighted by molar-refractivity contribution is 0.0996. The number of hydrogen-bond acceptors (Lipinski definition) is 2. The topological polar surface area (TPSA) is 52.3 Å². The summed E-state index contributed by atoms with van der Waals surface area (Å²) in [7, 11) is 0. The van der Waals surface area contributed by atoms with Crippen LogP contribution >= 0.6 is 0 Å². The number of primary amides is 1. The molecule has 0 atom stereocenters. The lowest BCUT2D eigenvalue weighted by Crippen LogP contribution is -2.14. The van der Waals surface area contributed by atoms with Crippen LogP contribution in [0, 0.1) is 0 Å².